The molecule has 1 saturated heterocycles. The summed E-state index contributed by atoms with van der Waals surface area (Å²) in [5.41, 5.74) is 4.64. The number of hydrogen-bond donors (Lipinski definition) is 3. The van der Waals surface area contributed by atoms with Gasteiger partial charge in [0, 0.05) is 21.7 Å². The molecule has 3 heteroatoms. The summed E-state index contributed by atoms with van der Waals surface area (Å²) in [5.74, 6) is 2.03. The van der Waals surface area contributed by atoms with E-state index in [9.17, 15) is 0 Å². The van der Waals surface area contributed by atoms with Crippen LogP contribution in [0.3, 0.4) is 0 Å². The average Bonchev–Trinajstić information content (AvgIpc) is 3.72. The van der Waals surface area contributed by atoms with Crippen LogP contribution in [0.2, 0.25) is 0 Å². The van der Waals surface area contributed by atoms with Gasteiger partial charge in [-0.1, -0.05) is 83.5 Å². The molecule has 0 aromatic carbocycles. The van der Waals surface area contributed by atoms with Gasteiger partial charge in [-0.15, -0.1) is 0 Å². The molecule has 10 rings (SSSR count). The first kappa shape index (κ1) is 19.1. The van der Waals surface area contributed by atoms with E-state index < -0.39 is 0 Å². The highest BCUT2D eigenvalue weighted by Gasteiger charge is 3.67. The van der Waals surface area contributed by atoms with Crippen LogP contribution >= 0.6 is 0 Å². The van der Waals surface area contributed by atoms with Crippen LogP contribution in [0.1, 0.15) is 122 Å². The lowest BCUT2D eigenvalue weighted by Crippen LogP contribution is -2.75. The van der Waals surface area contributed by atoms with Crippen LogP contribution in [0.15, 0.2) is 0 Å². The third-order valence-electron chi connectivity index (χ3n) is 13.6. The summed E-state index contributed by atoms with van der Waals surface area (Å²) in [5, 5.41) is 12.6. The van der Waals surface area contributed by atoms with Crippen molar-refractivity contribution in [3.63, 3.8) is 0 Å². The van der Waals surface area contributed by atoms with Gasteiger partial charge < -0.3 is 0 Å². The monoisotopic (exact) mass is 435 g/mol. The normalized spacial score (nSPS) is 58.1. The van der Waals surface area contributed by atoms with E-state index in [0.29, 0.717) is 18.0 Å². The van der Waals surface area contributed by atoms with Gasteiger partial charge in [0.1, 0.15) is 0 Å². The Morgan fingerprint density at radius 2 is 0.969 bits per heavy atom. The highest BCUT2D eigenvalue weighted by molar-refractivity contribution is 6.12. The van der Waals surface area contributed by atoms with Crippen LogP contribution in [0.4, 0.5) is 0 Å². The summed E-state index contributed by atoms with van der Waals surface area (Å²) in [7, 11) is 0. The molecular weight excluding hydrogens is 390 g/mol. The Kier molecular flexibility index (Phi) is 3.37. The largest absolute Gasteiger partial charge is 0.286 e. The molecule has 3 nitrogen and oxygen atoms in total. The Labute approximate surface area is 195 Å². The third-order valence-corrected chi connectivity index (χ3v) is 13.6. The Bertz CT molecular complexity index is 772. The van der Waals surface area contributed by atoms with Crippen molar-refractivity contribution in [1.29, 1.82) is 0 Å². The maximum Gasteiger partial charge on any atom is 0.0865 e. The van der Waals surface area contributed by atoms with Crippen LogP contribution in [-0.2, 0) is 0 Å². The molecule has 10 fully saturated rings. The van der Waals surface area contributed by atoms with E-state index in [2.05, 4.69) is 16.0 Å². The molecule has 0 aromatic rings. The Morgan fingerprint density at radius 3 is 1.47 bits per heavy atom. The van der Waals surface area contributed by atoms with E-state index in [1.165, 1.54) is 96.3 Å². The van der Waals surface area contributed by atoms with Crippen molar-refractivity contribution in [2.45, 2.75) is 140 Å². The topological polar surface area (TPSA) is 36.1 Å². The molecule has 1 aliphatic heterocycles. The molecule has 10 aliphatic rings. The van der Waals surface area contributed by atoms with Gasteiger partial charge in [-0.25, -0.2) is 0 Å². The van der Waals surface area contributed by atoms with Crippen LogP contribution in [0.25, 0.3) is 0 Å². The van der Waals surface area contributed by atoms with Gasteiger partial charge in [0.15, 0.2) is 0 Å². The second-order valence-corrected chi connectivity index (χ2v) is 14.1. The van der Waals surface area contributed by atoms with Crippen molar-refractivity contribution in [3.8, 4) is 0 Å². The molecule has 32 heavy (non-hydrogen) atoms. The highest BCUT2D eigenvalue weighted by Crippen LogP contribution is 3.64. The van der Waals surface area contributed by atoms with E-state index in [1.54, 1.807) is 25.7 Å². The second-order valence-electron chi connectivity index (χ2n) is 14.1. The fraction of sp³-hybridized carbons (Fsp3) is 1.00. The van der Waals surface area contributed by atoms with Crippen molar-refractivity contribution in [2.24, 2.45) is 38.9 Å². The predicted octanol–water partition coefficient (Wildman–Crippen LogP) is 5.80. The van der Waals surface area contributed by atoms with Crippen molar-refractivity contribution in [2.75, 3.05) is 0 Å². The standard InChI is InChI=1S/C29H45N3/c1-4-10-20(11-5-1)14-16-22-30-23(17-15-21-12-6-2-7-13-21)32-29(31-22)27-25-24(18-8-3-9-19-24)26(25,27)28(25,27)29/h20-23,30-32H,1-19H2. The first-order valence-electron chi connectivity index (χ1n) is 15.1. The third kappa shape index (κ3) is 1.52. The fourth-order valence-electron chi connectivity index (χ4n) is 12.9. The Balaban J connectivity index is 0.897. The summed E-state index contributed by atoms with van der Waals surface area (Å²) in [6.45, 7) is 0. The molecule has 2 unspecified atom stereocenters. The van der Waals surface area contributed by atoms with Gasteiger partial charge in [-0.2, -0.15) is 0 Å². The van der Waals surface area contributed by atoms with Crippen LogP contribution in [0, 0.1) is 38.9 Å². The fourth-order valence-corrected chi connectivity index (χ4v) is 12.9. The molecule has 0 bridgehead atoms. The molecule has 176 valence electrons. The summed E-state index contributed by atoms with van der Waals surface area (Å²) in [4.78, 5) is 0. The molecule has 9 aliphatic carbocycles. The lowest BCUT2D eigenvalue weighted by atomic mass is 9.63. The molecule has 0 amide bonds. The number of nitrogens with one attached hydrogen (secondary N) is 3. The SMILES string of the molecule is C1CCC(CCC2NC(CCC3CCCCC3)NC3(N2)C24C56C7(CCCCC7)C52C364)CC1. The summed E-state index contributed by atoms with van der Waals surface area (Å²) in [6, 6.07) is 0. The number of hydrogen-bond acceptors (Lipinski definition) is 3. The minimum Gasteiger partial charge on any atom is -0.286 e. The molecule has 2 atom stereocenters. The van der Waals surface area contributed by atoms with Crippen LogP contribution < -0.4 is 16.0 Å². The maximum absolute atomic E-state index is 4.26. The zero-order valence-electron chi connectivity index (χ0n) is 20.2. The van der Waals surface area contributed by atoms with Crippen molar-refractivity contribution in [3.05, 3.63) is 0 Å². The smallest absolute Gasteiger partial charge is 0.0865 e. The molecule has 0 aromatic heterocycles. The quantitative estimate of drug-likeness (QED) is 0.493. The molecule has 0 radical (unpaired) electrons. The average molecular weight is 436 g/mol. The van der Waals surface area contributed by atoms with Gasteiger partial charge in [0.05, 0.1) is 18.0 Å². The highest BCUT2D eigenvalue weighted by atomic mass is 15.8. The molecule has 3 N–H and O–H groups in total. The minimum atomic E-state index is 0.391. The Morgan fingerprint density at radius 1 is 0.500 bits per heavy atom. The van der Waals surface area contributed by atoms with E-state index in [4.69, 9.17) is 0 Å². The van der Waals surface area contributed by atoms with E-state index in [0.717, 1.165) is 38.9 Å². The molecule has 9 saturated carbocycles. The zero-order chi connectivity index (χ0) is 20.9. The second kappa shape index (κ2) is 5.65. The van der Waals surface area contributed by atoms with Crippen molar-refractivity contribution < 1.29 is 0 Å². The van der Waals surface area contributed by atoms with Crippen LogP contribution in [0.5, 0.6) is 0 Å². The summed E-state index contributed by atoms with van der Waals surface area (Å²) in [6.07, 6.45) is 29.5. The number of rotatable bonds is 6. The summed E-state index contributed by atoms with van der Waals surface area (Å²) < 4.78 is 0. The van der Waals surface area contributed by atoms with Gasteiger partial charge in [0.25, 0.3) is 0 Å². The van der Waals surface area contributed by atoms with Crippen molar-refractivity contribution >= 4 is 0 Å². The minimum absolute atomic E-state index is 0.391. The van der Waals surface area contributed by atoms with Gasteiger partial charge in [0.2, 0.25) is 0 Å². The first-order valence-corrected chi connectivity index (χ1v) is 15.1. The van der Waals surface area contributed by atoms with E-state index in [-0.39, 0.29) is 0 Å². The molecule has 6 spiro atoms. The predicted molar refractivity (Wildman–Crippen MR) is 127 cm³/mol. The van der Waals surface area contributed by atoms with E-state index >= 15 is 0 Å². The van der Waals surface area contributed by atoms with Gasteiger partial charge >= 0.3 is 0 Å². The zero-order valence-corrected chi connectivity index (χ0v) is 20.2. The first-order chi connectivity index (χ1) is 15.8. The molecule has 1 heterocycles. The lowest BCUT2D eigenvalue weighted by molar-refractivity contribution is -0.0133. The van der Waals surface area contributed by atoms with Gasteiger partial charge in [-0.3, -0.25) is 16.0 Å². The van der Waals surface area contributed by atoms with Crippen molar-refractivity contribution in [1.82, 2.24) is 16.0 Å². The van der Waals surface area contributed by atoms with Gasteiger partial charge in [-0.05, 0) is 55.8 Å². The Hall–Kier alpha value is -0.120. The molecular formula is C29H45N3. The summed E-state index contributed by atoms with van der Waals surface area (Å²) >= 11 is 0. The van der Waals surface area contributed by atoms with Crippen LogP contribution in [-0.4, -0.2) is 18.0 Å². The maximum atomic E-state index is 4.26. The van der Waals surface area contributed by atoms with E-state index in [1.807, 2.05) is 0 Å². The lowest BCUT2D eigenvalue weighted by Gasteiger charge is -2.53.